The Labute approximate surface area is 131 Å². The predicted molar refractivity (Wildman–Crippen MR) is 83.0 cm³/mol. The molecule has 0 saturated carbocycles. The fourth-order valence-electron chi connectivity index (χ4n) is 2.71. The zero-order valence-corrected chi connectivity index (χ0v) is 12.4. The number of benzene rings is 1. The topological polar surface area (TPSA) is 97.7 Å². The number of nitrogens with zero attached hydrogens (tertiary/aromatic N) is 4. The lowest BCUT2D eigenvalue weighted by Crippen LogP contribution is -2.15. The number of nitrogens with one attached hydrogen (secondary N) is 2. The van der Waals surface area contributed by atoms with E-state index in [0.717, 1.165) is 25.0 Å². The monoisotopic (exact) mass is 312 g/mol. The van der Waals surface area contributed by atoms with Crippen LogP contribution in [0.1, 0.15) is 23.2 Å². The van der Waals surface area contributed by atoms with Crippen LogP contribution in [0.5, 0.6) is 0 Å². The number of H-pyrrole nitrogens is 1. The van der Waals surface area contributed by atoms with Gasteiger partial charge in [-0.25, -0.2) is 0 Å². The zero-order chi connectivity index (χ0) is 15.6. The number of aromatic nitrogens is 5. The van der Waals surface area contributed by atoms with Gasteiger partial charge in [-0.05, 0) is 31.0 Å². The molecule has 118 valence electrons. The first-order chi connectivity index (χ1) is 11.3. The SMILES string of the molecule is O=C(Nc1cnn(CC2CCCO2)c1)c1ccc2n[nH]nc2c1. The van der Waals surface area contributed by atoms with Crippen LogP contribution >= 0.6 is 0 Å². The molecule has 2 aromatic heterocycles. The molecule has 1 aliphatic heterocycles. The van der Waals surface area contributed by atoms with E-state index < -0.39 is 0 Å². The maximum absolute atomic E-state index is 12.3. The van der Waals surface area contributed by atoms with Gasteiger partial charge in [0.1, 0.15) is 11.0 Å². The van der Waals surface area contributed by atoms with Crippen LogP contribution in [0.15, 0.2) is 30.6 Å². The molecule has 1 aliphatic rings. The minimum atomic E-state index is -0.202. The Morgan fingerprint density at radius 3 is 3.17 bits per heavy atom. The van der Waals surface area contributed by atoms with Crippen LogP contribution in [-0.2, 0) is 11.3 Å². The summed E-state index contributed by atoms with van der Waals surface area (Å²) in [7, 11) is 0. The average molecular weight is 312 g/mol. The maximum atomic E-state index is 12.3. The Morgan fingerprint density at radius 1 is 1.39 bits per heavy atom. The van der Waals surface area contributed by atoms with E-state index in [9.17, 15) is 4.79 Å². The molecule has 1 unspecified atom stereocenters. The Kier molecular flexibility index (Phi) is 3.51. The van der Waals surface area contributed by atoms with Crippen molar-refractivity contribution in [3.05, 3.63) is 36.2 Å². The molecule has 0 bridgehead atoms. The molecule has 0 spiro atoms. The quantitative estimate of drug-likeness (QED) is 0.762. The first-order valence-electron chi connectivity index (χ1n) is 7.54. The summed E-state index contributed by atoms with van der Waals surface area (Å²) in [6.45, 7) is 1.53. The molecule has 23 heavy (non-hydrogen) atoms. The van der Waals surface area contributed by atoms with Crippen LogP contribution in [0.4, 0.5) is 5.69 Å². The maximum Gasteiger partial charge on any atom is 0.255 e. The Hall–Kier alpha value is -2.74. The molecule has 1 aromatic carbocycles. The molecule has 3 heterocycles. The van der Waals surface area contributed by atoms with Crippen molar-refractivity contribution in [1.29, 1.82) is 0 Å². The largest absolute Gasteiger partial charge is 0.376 e. The Balaban J connectivity index is 1.44. The van der Waals surface area contributed by atoms with Gasteiger partial charge in [0.25, 0.3) is 5.91 Å². The fourth-order valence-corrected chi connectivity index (χ4v) is 2.71. The molecular weight excluding hydrogens is 296 g/mol. The van der Waals surface area contributed by atoms with Crippen molar-refractivity contribution in [3.8, 4) is 0 Å². The second-order valence-corrected chi connectivity index (χ2v) is 5.57. The van der Waals surface area contributed by atoms with Gasteiger partial charge in [-0.2, -0.15) is 20.5 Å². The number of rotatable bonds is 4. The van der Waals surface area contributed by atoms with Gasteiger partial charge in [0.05, 0.1) is 24.5 Å². The van der Waals surface area contributed by atoms with Crippen molar-refractivity contribution < 1.29 is 9.53 Å². The van der Waals surface area contributed by atoms with Gasteiger partial charge >= 0.3 is 0 Å². The van der Waals surface area contributed by atoms with E-state index >= 15 is 0 Å². The molecule has 0 aliphatic carbocycles. The van der Waals surface area contributed by atoms with Crippen molar-refractivity contribution in [2.45, 2.75) is 25.5 Å². The zero-order valence-electron chi connectivity index (χ0n) is 12.4. The standard InChI is InChI=1S/C15H16N6O2/c22-15(10-3-4-13-14(6-10)19-20-18-13)17-11-7-16-21(8-11)9-12-2-1-5-23-12/h3-4,6-8,12H,1-2,5,9H2,(H,17,22)(H,18,19,20). The summed E-state index contributed by atoms with van der Waals surface area (Å²) in [4.78, 5) is 12.3. The van der Waals surface area contributed by atoms with Crippen molar-refractivity contribution in [1.82, 2.24) is 25.2 Å². The van der Waals surface area contributed by atoms with Crippen molar-refractivity contribution >= 4 is 22.6 Å². The number of fused-ring (bicyclic) bond motifs is 1. The van der Waals surface area contributed by atoms with Gasteiger partial charge < -0.3 is 10.1 Å². The molecule has 3 aromatic rings. The number of hydrogen-bond donors (Lipinski definition) is 2. The summed E-state index contributed by atoms with van der Waals surface area (Å²) in [5.41, 5.74) is 2.57. The summed E-state index contributed by atoms with van der Waals surface area (Å²) in [6.07, 6.45) is 5.82. The lowest BCUT2D eigenvalue weighted by Gasteiger charge is -2.08. The summed E-state index contributed by atoms with van der Waals surface area (Å²) in [5, 5.41) is 17.6. The summed E-state index contributed by atoms with van der Waals surface area (Å²) in [6, 6.07) is 5.18. The lowest BCUT2D eigenvalue weighted by molar-refractivity contribution is 0.0940. The van der Waals surface area contributed by atoms with E-state index in [1.54, 1.807) is 29.1 Å². The normalized spacial score (nSPS) is 17.7. The highest BCUT2D eigenvalue weighted by molar-refractivity contribution is 6.05. The van der Waals surface area contributed by atoms with Crippen LogP contribution in [0, 0.1) is 0 Å². The number of ether oxygens (including phenoxy) is 1. The van der Waals surface area contributed by atoms with Gasteiger partial charge in [0, 0.05) is 18.4 Å². The number of aromatic amines is 1. The summed E-state index contributed by atoms with van der Waals surface area (Å²) < 4.78 is 7.38. The van der Waals surface area contributed by atoms with Crippen molar-refractivity contribution in [3.63, 3.8) is 0 Å². The molecule has 0 radical (unpaired) electrons. The number of hydrogen-bond acceptors (Lipinski definition) is 5. The number of carbonyl (C=O) groups is 1. The molecule has 1 amide bonds. The third kappa shape index (κ3) is 2.93. The van der Waals surface area contributed by atoms with Gasteiger partial charge in [-0.1, -0.05) is 0 Å². The number of carbonyl (C=O) groups excluding carboxylic acids is 1. The average Bonchev–Trinajstić information content (AvgIpc) is 3.28. The lowest BCUT2D eigenvalue weighted by atomic mass is 10.2. The highest BCUT2D eigenvalue weighted by Gasteiger charge is 2.16. The number of anilines is 1. The van der Waals surface area contributed by atoms with Crippen LogP contribution in [0.25, 0.3) is 11.0 Å². The number of amides is 1. The van der Waals surface area contributed by atoms with Crippen molar-refractivity contribution in [2.24, 2.45) is 0 Å². The summed E-state index contributed by atoms with van der Waals surface area (Å²) in [5.74, 6) is -0.202. The van der Waals surface area contributed by atoms with E-state index in [2.05, 4.69) is 25.8 Å². The minimum absolute atomic E-state index is 0.202. The van der Waals surface area contributed by atoms with Crippen LogP contribution in [0.2, 0.25) is 0 Å². The molecule has 1 atom stereocenters. The fraction of sp³-hybridized carbons (Fsp3) is 0.333. The molecule has 8 heteroatoms. The minimum Gasteiger partial charge on any atom is -0.376 e. The smallest absolute Gasteiger partial charge is 0.255 e. The van der Waals surface area contributed by atoms with Crippen LogP contribution in [-0.4, -0.2) is 43.8 Å². The second-order valence-electron chi connectivity index (χ2n) is 5.57. The third-order valence-electron chi connectivity index (χ3n) is 3.88. The first kappa shape index (κ1) is 13.9. The first-order valence-corrected chi connectivity index (χ1v) is 7.54. The molecule has 1 saturated heterocycles. The van der Waals surface area contributed by atoms with Gasteiger partial charge in [-0.15, -0.1) is 0 Å². The van der Waals surface area contributed by atoms with Gasteiger partial charge in [0.15, 0.2) is 0 Å². The van der Waals surface area contributed by atoms with E-state index in [1.807, 2.05) is 6.20 Å². The highest BCUT2D eigenvalue weighted by atomic mass is 16.5. The highest BCUT2D eigenvalue weighted by Crippen LogP contribution is 2.16. The van der Waals surface area contributed by atoms with Crippen LogP contribution in [0.3, 0.4) is 0 Å². The van der Waals surface area contributed by atoms with E-state index in [0.29, 0.717) is 23.3 Å². The second kappa shape index (κ2) is 5.81. The van der Waals surface area contributed by atoms with Crippen LogP contribution < -0.4 is 5.32 Å². The van der Waals surface area contributed by atoms with E-state index in [1.165, 1.54) is 0 Å². The van der Waals surface area contributed by atoms with Crippen molar-refractivity contribution in [2.75, 3.05) is 11.9 Å². The van der Waals surface area contributed by atoms with Gasteiger partial charge in [0.2, 0.25) is 0 Å². The Bertz CT molecular complexity index is 833. The molecule has 4 rings (SSSR count). The Morgan fingerprint density at radius 2 is 2.30 bits per heavy atom. The van der Waals surface area contributed by atoms with Gasteiger partial charge in [-0.3, -0.25) is 9.48 Å². The molecular formula is C15H16N6O2. The summed E-state index contributed by atoms with van der Waals surface area (Å²) >= 11 is 0. The molecule has 8 nitrogen and oxygen atoms in total. The molecule has 1 fully saturated rings. The third-order valence-corrected chi connectivity index (χ3v) is 3.88. The predicted octanol–water partition coefficient (Wildman–Crippen LogP) is 1.59. The molecule has 2 N–H and O–H groups in total. The van der Waals surface area contributed by atoms with E-state index in [4.69, 9.17) is 4.74 Å². The van der Waals surface area contributed by atoms with E-state index in [-0.39, 0.29) is 12.0 Å².